The number of nitrogens with one attached hydrogen (secondary N) is 3. The van der Waals surface area contributed by atoms with Gasteiger partial charge in [0.05, 0.1) is 0 Å². The number of carbonyl (C=O) groups is 2. The minimum Gasteiger partial charge on any atom is -0.474 e. The number of benzene rings is 2. The first-order valence-corrected chi connectivity index (χ1v) is 10.9. The van der Waals surface area contributed by atoms with Gasteiger partial charge < -0.3 is 20.7 Å². The van der Waals surface area contributed by atoms with E-state index >= 15 is 0 Å². The monoisotopic (exact) mass is 448 g/mol. The van der Waals surface area contributed by atoms with Crippen LogP contribution in [0.4, 0.5) is 20.6 Å². The standard InChI is InChI=1S/C25H25FN4O3/c26-19-8-4-10-21(15-19)29-23(31)17-6-3-9-20(14-17)30-25(32)28-16-18-7-5-13-27-24(18)33-22-11-1-2-12-22/h3-10,13-15,22H,1-2,11-12,16H2,(H,29,31)(H2,28,30,32). The zero-order valence-electron chi connectivity index (χ0n) is 18.0. The van der Waals surface area contributed by atoms with Crippen molar-refractivity contribution >= 4 is 23.3 Å². The molecule has 0 unspecified atom stereocenters. The molecule has 0 bridgehead atoms. The van der Waals surface area contributed by atoms with Crippen LogP contribution in [-0.4, -0.2) is 23.0 Å². The number of amides is 3. The summed E-state index contributed by atoms with van der Waals surface area (Å²) in [5.74, 6) is -0.306. The predicted octanol–water partition coefficient (Wildman–Crippen LogP) is 5.12. The quantitative estimate of drug-likeness (QED) is 0.468. The highest BCUT2D eigenvalue weighted by Gasteiger charge is 2.18. The molecule has 1 heterocycles. The van der Waals surface area contributed by atoms with E-state index in [1.54, 1.807) is 42.6 Å². The summed E-state index contributed by atoms with van der Waals surface area (Å²) in [4.78, 5) is 29.2. The maximum atomic E-state index is 13.3. The second-order valence-corrected chi connectivity index (χ2v) is 7.84. The molecule has 1 aliphatic carbocycles. The molecule has 1 fully saturated rings. The summed E-state index contributed by atoms with van der Waals surface area (Å²) in [6.07, 6.45) is 6.21. The highest BCUT2D eigenvalue weighted by Crippen LogP contribution is 2.25. The highest BCUT2D eigenvalue weighted by molar-refractivity contribution is 6.05. The third kappa shape index (κ3) is 6.29. The van der Waals surface area contributed by atoms with Gasteiger partial charge in [0.15, 0.2) is 0 Å². The molecule has 3 N–H and O–H groups in total. The molecular weight excluding hydrogens is 423 g/mol. The molecule has 7 nitrogen and oxygen atoms in total. The molecule has 33 heavy (non-hydrogen) atoms. The molecule has 0 radical (unpaired) electrons. The maximum Gasteiger partial charge on any atom is 0.319 e. The van der Waals surface area contributed by atoms with Gasteiger partial charge in [0.1, 0.15) is 11.9 Å². The predicted molar refractivity (Wildman–Crippen MR) is 124 cm³/mol. The van der Waals surface area contributed by atoms with Gasteiger partial charge in [-0.25, -0.2) is 14.2 Å². The molecule has 1 aromatic heterocycles. The average molecular weight is 448 g/mol. The summed E-state index contributed by atoms with van der Waals surface area (Å²) in [6.45, 7) is 0.251. The topological polar surface area (TPSA) is 92.3 Å². The van der Waals surface area contributed by atoms with Crippen molar-refractivity contribution in [2.75, 3.05) is 10.6 Å². The van der Waals surface area contributed by atoms with Crippen LogP contribution in [0.3, 0.4) is 0 Å². The summed E-state index contributed by atoms with van der Waals surface area (Å²) < 4.78 is 19.3. The summed E-state index contributed by atoms with van der Waals surface area (Å²) in [5.41, 5.74) is 1.93. The van der Waals surface area contributed by atoms with Gasteiger partial charge in [-0.1, -0.05) is 18.2 Å². The van der Waals surface area contributed by atoms with Crippen LogP contribution in [0.25, 0.3) is 0 Å². The Kier molecular flexibility index (Phi) is 7.14. The van der Waals surface area contributed by atoms with Crippen LogP contribution >= 0.6 is 0 Å². The van der Waals surface area contributed by atoms with Crippen molar-refractivity contribution in [3.8, 4) is 5.88 Å². The molecule has 3 amide bonds. The van der Waals surface area contributed by atoms with Gasteiger partial charge in [-0.3, -0.25) is 4.79 Å². The Hall–Kier alpha value is -3.94. The van der Waals surface area contributed by atoms with E-state index in [0.29, 0.717) is 22.8 Å². The number of carbonyl (C=O) groups excluding carboxylic acids is 2. The van der Waals surface area contributed by atoms with E-state index in [4.69, 9.17) is 4.74 Å². The smallest absolute Gasteiger partial charge is 0.319 e. The molecule has 8 heteroatoms. The van der Waals surface area contributed by atoms with Crippen molar-refractivity contribution in [1.29, 1.82) is 0 Å². The minimum absolute atomic E-state index is 0.175. The molecular formula is C25H25FN4O3. The SMILES string of the molecule is O=C(NCc1cccnc1OC1CCCC1)Nc1cccc(C(=O)Nc2cccc(F)c2)c1. The first kappa shape index (κ1) is 22.3. The lowest BCUT2D eigenvalue weighted by molar-refractivity contribution is 0.102. The van der Waals surface area contributed by atoms with Gasteiger partial charge in [-0.2, -0.15) is 0 Å². The number of anilines is 2. The van der Waals surface area contributed by atoms with Gasteiger partial charge in [-0.15, -0.1) is 0 Å². The number of aromatic nitrogens is 1. The Morgan fingerprint density at radius 1 is 0.970 bits per heavy atom. The van der Waals surface area contributed by atoms with Crippen molar-refractivity contribution in [2.24, 2.45) is 0 Å². The first-order chi connectivity index (χ1) is 16.1. The number of hydrogen-bond donors (Lipinski definition) is 3. The Morgan fingerprint density at radius 2 is 1.73 bits per heavy atom. The number of urea groups is 1. The average Bonchev–Trinajstić information content (AvgIpc) is 3.32. The van der Waals surface area contributed by atoms with Crippen molar-refractivity contribution in [3.05, 3.63) is 83.8 Å². The summed E-state index contributed by atoms with van der Waals surface area (Å²) in [7, 11) is 0. The van der Waals surface area contributed by atoms with Gasteiger partial charge in [0.2, 0.25) is 5.88 Å². The zero-order chi connectivity index (χ0) is 23.0. The van der Waals surface area contributed by atoms with E-state index in [9.17, 15) is 14.0 Å². The molecule has 1 aliphatic rings. The molecule has 2 aromatic carbocycles. The van der Waals surface area contributed by atoms with Gasteiger partial charge >= 0.3 is 6.03 Å². The van der Waals surface area contributed by atoms with E-state index in [0.717, 1.165) is 31.2 Å². The molecule has 0 aliphatic heterocycles. The van der Waals surface area contributed by atoms with Gasteiger partial charge in [0, 0.05) is 35.2 Å². The number of hydrogen-bond acceptors (Lipinski definition) is 4. The van der Waals surface area contributed by atoms with Crippen molar-refractivity contribution < 1.29 is 18.7 Å². The van der Waals surface area contributed by atoms with Crippen LogP contribution in [0, 0.1) is 5.82 Å². The second kappa shape index (κ2) is 10.6. The van der Waals surface area contributed by atoms with E-state index < -0.39 is 17.8 Å². The molecule has 0 spiro atoms. The van der Waals surface area contributed by atoms with Gasteiger partial charge in [-0.05, 0) is 68.1 Å². The van der Waals surface area contributed by atoms with E-state index in [1.165, 1.54) is 18.2 Å². The van der Waals surface area contributed by atoms with Crippen molar-refractivity contribution in [2.45, 2.75) is 38.3 Å². The lowest BCUT2D eigenvalue weighted by Gasteiger charge is -2.15. The summed E-state index contributed by atoms with van der Waals surface area (Å²) in [5, 5.41) is 8.15. The Morgan fingerprint density at radius 3 is 2.52 bits per heavy atom. The number of ether oxygens (including phenoxy) is 1. The molecule has 170 valence electrons. The fourth-order valence-corrected chi connectivity index (χ4v) is 3.69. The summed E-state index contributed by atoms with van der Waals surface area (Å²) >= 11 is 0. The Balaban J connectivity index is 1.33. The largest absolute Gasteiger partial charge is 0.474 e. The number of pyridine rings is 1. The molecule has 1 saturated carbocycles. The van der Waals surface area contributed by atoms with Crippen LogP contribution in [-0.2, 0) is 6.54 Å². The lowest BCUT2D eigenvalue weighted by Crippen LogP contribution is -2.28. The fraction of sp³-hybridized carbons (Fsp3) is 0.240. The zero-order valence-corrected chi connectivity index (χ0v) is 18.0. The summed E-state index contributed by atoms with van der Waals surface area (Å²) in [6, 6.07) is 15.4. The van der Waals surface area contributed by atoms with Crippen molar-refractivity contribution in [1.82, 2.24) is 10.3 Å². The Labute approximate surface area is 191 Å². The highest BCUT2D eigenvalue weighted by atomic mass is 19.1. The van der Waals surface area contributed by atoms with E-state index in [-0.39, 0.29) is 12.6 Å². The normalized spacial score (nSPS) is 13.4. The lowest BCUT2D eigenvalue weighted by atomic mass is 10.2. The van der Waals surface area contributed by atoms with Crippen LogP contribution in [0.2, 0.25) is 0 Å². The Bertz CT molecular complexity index is 1130. The van der Waals surface area contributed by atoms with Crippen LogP contribution < -0.4 is 20.7 Å². The van der Waals surface area contributed by atoms with E-state index in [2.05, 4.69) is 20.9 Å². The third-order valence-electron chi connectivity index (χ3n) is 5.33. The maximum absolute atomic E-state index is 13.3. The molecule has 0 atom stereocenters. The van der Waals surface area contributed by atoms with E-state index in [1.807, 2.05) is 6.07 Å². The minimum atomic E-state index is -0.440. The van der Waals surface area contributed by atoms with Crippen LogP contribution in [0.15, 0.2) is 66.9 Å². The van der Waals surface area contributed by atoms with Crippen LogP contribution in [0.5, 0.6) is 5.88 Å². The second-order valence-electron chi connectivity index (χ2n) is 7.84. The third-order valence-corrected chi connectivity index (χ3v) is 5.33. The molecule has 0 saturated heterocycles. The van der Waals surface area contributed by atoms with Crippen LogP contribution in [0.1, 0.15) is 41.6 Å². The molecule has 4 rings (SSSR count). The van der Waals surface area contributed by atoms with Gasteiger partial charge in [0.25, 0.3) is 5.91 Å². The molecule has 3 aromatic rings. The first-order valence-electron chi connectivity index (χ1n) is 10.9. The van der Waals surface area contributed by atoms with Crippen molar-refractivity contribution in [3.63, 3.8) is 0 Å². The fourth-order valence-electron chi connectivity index (χ4n) is 3.69. The number of halogens is 1. The number of rotatable bonds is 7. The number of nitrogens with zero attached hydrogens (tertiary/aromatic N) is 1.